The molecule has 0 amide bonds. The van der Waals surface area contributed by atoms with Crippen molar-refractivity contribution in [3.63, 3.8) is 0 Å². The molecule has 0 saturated carbocycles. The van der Waals surface area contributed by atoms with Gasteiger partial charge in [0.1, 0.15) is 0 Å². The molecule has 1 nitrogen and oxygen atoms in total. The van der Waals surface area contributed by atoms with E-state index in [-0.39, 0.29) is 11.5 Å². The molecule has 0 radical (unpaired) electrons. The van der Waals surface area contributed by atoms with Gasteiger partial charge in [0.05, 0.1) is 4.34 Å². The maximum Gasteiger partial charge on any atom is 0.0960 e. The normalized spacial score (nSPS) is 13.6. The molecule has 0 bridgehead atoms. The van der Waals surface area contributed by atoms with Gasteiger partial charge in [-0.2, -0.15) is 0 Å². The van der Waals surface area contributed by atoms with E-state index < -0.39 is 0 Å². The van der Waals surface area contributed by atoms with Gasteiger partial charge in [0, 0.05) is 16.3 Å². The number of benzene rings is 1. The highest BCUT2D eigenvalue weighted by molar-refractivity contribution is 7.16. The molecule has 96 valence electrons. The van der Waals surface area contributed by atoms with Crippen LogP contribution in [-0.2, 0) is 5.41 Å². The average Bonchev–Trinajstić information content (AvgIpc) is 2.69. The lowest BCUT2D eigenvalue weighted by Gasteiger charge is -2.31. The van der Waals surface area contributed by atoms with Crippen LogP contribution < -0.4 is 5.73 Å². The summed E-state index contributed by atoms with van der Waals surface area (Å²) in [6, 6.07) is 12.4. The summed E-state index contributed by atoms with van der Waals surface area (Å²) in [4.78, 5) is 1.14. The van der Waals surface area contributed by atoms with Gasteiger partial charge in [0.2, 0.25) is 0 Å². The number of hydrogen-bond donors (Lipinski definition) is 1. The van der Waals surface area contributed by atoms with E-state index in [1.54, 1.807) is 11.3 Å². The lowest BCUT2D eigenvalue weighted by molar-refractivity contribution is 0.426. The summed E-state index contributed by atoms with van der Waals surface area (Å²) < 4.78 is 0.837. The first-order chi connectivity index (χ1) is 8.43. The summed E-state index contributed by atoms with van der Waals surface area (Å²) in [7, 11) is 0. The Bertz CT molecular complexity index is 511. The number of hydrogen-bond acceptors (Lipinski definition) is 2. The lowest BCUT2D eigenvalue weighted by Crippen LogP contribution is -2.32. The number of nitrogens with two attached hydrogens (primary N) is 1. The van der Waals surface area contributed by atoms with Gasteiger partial charge in [-0.05, 0) is 24.1 Å². The predicted molar refractivity (Wildman–Crippen MR) is 80.5 cm³/mol. The molecule has 1 aromatic carbocycles. The van der Waals surface area contributed by atoms with Crippen LogP contribution in [0.2, 0.25) is 4.34 Å². The second-order valence-corrected chi connectivity index (χ2v) is 6.86. The summed E-state index contributed by atoms with van der Waals surface area (Å²) in [6.07, 6.45) is 0. The number of rotatable bonds is 3. The van der Waals surface area contributed by atoms with Crippen molar-refractivity contribution in [1.29, 1.82) is 0 Å². The van der Waals surface area contributed by atoms with E-state index in [4.69, 9.17) is 17.3 Å². The zero-order chi connectivity index (χ0) is 13.3. The van der Waals surface area contributed by atoms with Crippen molar-refractivity contribution in [2.45, 2.75) is 32.2 Å². The second kappa shape index (κ2) is 5.04. The zero-order valence-corrected chi connectivity index (χ0v) is 12.5. The van der Waals surface area contributed by atoms with Gasteiger partial charge in [0.25, 0.3) is 0 Å². The SMILES string of the molecule is Cc1cc(C(N)C(C)(C)c2ccccc2)sc1Cl. The molecule has 18 heavy (non-hydrogen) atoms. The third-order valence-corrected chi connectivity index (χ3v) is 5.12. The molecule has 0 fully saturated rings. The highest BCUT2D eigenvalue weighted by Gasteiger charge is 2.30. The van der Waals surface area contributed by atoms with Crippen molar-refractivity contribution in [1.82, 2.24) is 0 Å². The Kier molecular flexibility index (Phi) is 3.81. The van der Waals surface area contributed by atoms with Crippen molar-refractivity contribution in [2.75, 3.05) is 0 Å². The molecular weight excluding hydrogens is 262 g/mol. The molecule has 2 N–H and O–H groups in total. The maximum absolute atomic E-state index is 6.44. The minimum absolute atomic E-state index is 0.0453. The topological polar surface area (TPSA) is 26.0 Å². The van der Waals surface area contributed by atoms with Crippen molar-refractivity contribution in [3.8, 4) is 0 Å². The third kappa shape index (κ3) is 2.46. The quantitative estimate of drug-likeness (QED) is 0.867. The summed E-state index contributed by atoms with van der Waals surface area (Å²) >= 11 is 7.72. The molecule has 3 heteroatoms. The van der Waals surface area contributed by atoms with Gasteiger partial charge in [-0.25, -0.2) is 0 Å². The molecule has 0 aliphatic carbocycles. The summed E-state index contributed by atoms with van der Waals surface area (Å²) in [5.74, 6) is 0. The Hall–Kier alpha value is -0.830. The van der Waals surface area contributed by atoms with Crippen LogP contribution in [0.3, 0.4) is 0 Å². The van der Waals surface area contributed by atoms with E-state index in [1.165, 1.54) is 5.56 Å². The molecule has 0 aliphatic heterocycles. The second-order valence-electron chi connectivity index (χ2n) is 5.17. The fourth-order valence-corrected chi connectivity index (χ4v) is 3.45. The van der Waals surface area contributed by atoms with E-state index in [0.29, 0.717) is 0 Å². The molecule has 0 aliphatic rings. The zero-order valence-electron chi connectivity index (χ0n) is 10.9. The first-order valence-corrected chi connectivity index (χ1v) is 7.19. The van der Waals surface area contributed by atoms with E-state index in [9.17, 15) is 0 Å². The number of halogens is 1. The summed E-state index contributed by atoms with van der Waals surface area (Å²) in [5.41, 5.74) is 8.69. The summed E-state index contributed by atoms with van der Waals surface area (Å²) in [6.45, 7) is 6.37. The van der Waals surface area contributed by atoms with E-state index >= 15 is 0 Å². The Morgan fingerprint density at radius 2 is 1.83 bits per heavy atom. The lowest BCUT2D eigenvalue weighted by atomic mass is 9.77. The smallest absolute Gasteiger partial charge is 0.0960 e. The van der Waals surface area contributed by atoms with Gasteiger partial charge in [-0.3, -0.25) is 0 Å². The molecule has 2 rings (SSSR count). The van der Waals surface area contributed by atoms with Gasteiger partial charge >= 0.3 is 0 Å². The third-order valence-electron chi connectivity index (χ3n) is 3.48. The van der Waals surface area contributed by atoms with Crippen molar-refractivity contribution in [2.24, 2.45) is 5.73 Å². The van der Waals surface area contributed by atoms with Gasteiger partial charge in [-0.1, -0.05) is 55.8 Å². The molecule has 1 heterocycles. The van der Waals surface area contributed by atoms with Crippen LogP contribution >= 0.6 is 22.9 Å². The molecule has 1 unspecified atom stereocenters. The molecule has 1 aromatic heterocycles. The van der Waals surface area contributed by atoms with Crippen LogP contribution in [-0.4, -0.2) is 0 Å². The highest BCUT2D eigenvalue weighted by Crippen LogP contribution is 2.40. The Morgan fingerprint density at radius 1 is 1.22 bits per heavy atom. The van der Waals surface area contributed by atoms with Crippen LogP contribution in [0.15, 0.2) is 36.4 Å². The van der Waals surface area contributed by atoms with E-state index in [0.717, 1.165) is 14.8 Å². The van der Waals surface area contributed by atoms with Crippen molar-refractivity contribution < 1.29 is 0 Å². The summed E-state index contributed by atoms with van der Waals surface area (Å²) in [5, 5.41) is 0. The maximum atomic E-state index is 6.44. The fraction of sp³-hybridized carbons (Fsp3) is 0.333. The monoisotopic (exact) mass is 279 g/mol. The molecular formula is C15H18ClNS. The van der Waals surface area contributed by atoms with Gasteiger partial charge in [0.15, 0.2) is 0 Å². The van der Waals surface area contributed by atoms with Crippen LogP contribution in [0.5, 0.6) is 0 Å². The standard InChI is InChI=1S/C15H18ClNS/c1-10-9-12(18-14(10)16)13(17)15(2,3)11-7-5-4-6-8-11/h4-9,13H,17H2,1-3H3. The average molecular weight is 280 g/mol. The minimum atomic E-state index is -0.109. The van der Waals surface area contributed by atoms with Crippen molar-refractivity contribution in [3.05, 3.63) is 56.7 Å². The van der Waals surface area contributed by atoms with Crippen LogP contribution in [0.1, 0.15) is 35.9 Å². The van der Waals surface area contributed by atoms with Crippen LogP contribution in [0, 0.1) is 6.92 Å². The van der Waals surface area contributed by atoms with Crippen molar-refractivity contribution >= 4 is 22.9 Å². The van der Waals surface area contributed by atoms with E-state index in [2.05, 4.69) is 44.2 Å². The Morgan fingerprint density at radius 3 is 2.33 bits per heavy atom. The van der Waals surface area contributed by atoms with Crippen LogP contribution in [0.25, 0.3) is 0 Å². The fourth-order valence-electron chi connectivity index (χ4n) is 2.04. The molecule has 0 spiro atoms. The number of thiophene rings is 1. The van der Waals surface area contributed by atoms with Crippen LogP contribution in [0.4, 0.5) is 0 Å². The highest BCUT2D eigenvalue weighted by atomic mass is 35.5. The largest absolute Gasteiger partial charge is 0.323 e. The Balaban J connectivity index is 2.35. The first-order valence-electron chi connectivity index (χ1n) is 6.00. The molecule has 0 saturated heterocycles. The predicted octanol–water partition coefficient (Wildman–Crippen LogP) is 4.69. The minimum Gasteiger partial charge on any atom is -0.323 e. The van der Waals surface area contributed by atoms with E-state index in [1.807, 2.05) is 13.0 Å². The van der Waals surface area contributed by atoms with Gasteiger partial charge < -0.3 is 5.73 Å². The molecule has 2 aromatic rings. The molecule has 1 atom stereocenters. The Labute approximate surface area is 118 Å². The first kappa shape index (κ1) is 13.6. The number of aryl methyl sites for hydroxylation is 1. The van der Waals surface area contributed by atoms with Gasteiger partial charge in [-0.15, -0.1) is 11.3 Å².